The van der Waals surface area contributed by atoms with Crippen LogP contribution in [-0.4, -0.2) is 33.1 Å². The topological polar surface area (TPSA) is 84.5 Å². The van der Waals surface area contributed by atoms with Crippen LogP contribution < -0.4 is 10.0 Å². The zero-order chi connectivity index (χ0) is 16.6. The van der Waals surface area contributed by atoms with Gasteiger partial charge in [0.2, 0.25) is 10.0 Å². The van der Waals surface area contributed by atoms with Gasteiger partial charge in [-0.2, -0.15) is 0 Å². The molecule has 0 radical (unpaired) electrons. The molecule has 0 spiro atoms. The van der Waals surface area contributed by atoms with Crippen LogP contribution in [0, 0.1) is 11.7 Å². The van der Waals surface area contributed by atoms with Gasteiger partial charge in [0.05, 0.1) is 0 Å². The minimum Gasteiger partial charge on any atom is -0.368 e. The molecule has 1 saturated carbocycles. The van der Waals surface area contributed by atoms with E-state index < -0.39 is 26.8 Å². The summed E-state index contributed by atoms with van der Waals surface area (Å²) >= 11 is 0. The number of carbonyl (C=O) groups excluding carboxylic acids is 1. The van der Waals surface area contributed by atoms with E-state index in [2.05, 4.69) is 10.0 Å². The van der Waals surface area contributed by atoms with Crippen molar-refractivity contribution >= 4 is 21.6 Å². The quantitative estimate of drug-likeness (QED) is 0.852. The molecule has 23 heavy (non-hydrogen) atoms. The molecule has 0 unspecified atom stereocenters. The van der Waals surface area contributed by atoms with Gasteiger partial charge in [-0.15, -0.1) is 0 Å². The van der Waals surface area contributed by atoms with Gasteiger partial charge in [-0.25, -0.2) is 17.5 Å². The molecule has 0 bridgehead atoms. The summed E-state index contributed by atoms with van der Waals surface area (Å²) in [6, 6.07) is 3.39. The third-order valence-electron chi connectivity index (χ3n) is 4.03. The molecule has 1 amide bonds. The van der Waals surface area contributed by atoms with E-state index in [-0.39, 0.29) is 23.6 Å². The van der Waals surface area contributed by atoms with Crippen molar-refractivity contribution in [1.82, 2.24) is 4.72 Å². The number of hydrogen-bond acceptors (Lipinski definition) is 4. The highest BCUT2D eigenvalue weighted by Crippen LogP contribution is 2.26. The molecule has 1 aromatic rings. The maximum atomic E-state index is 13.9. The fraction of sp³-hybridized carbons (Fsp3) is 0.533. The summed E-state index contributed by atoms with van der Waals surface area (Å²) in [6.07, 6.45) is 1.75. The molecule has 2 fully saturated rings. The Morgan fingerprint density at radius 2 is 2.04 bits per heavy atom. The van der Waals surface area contributed by atoms with Crippen molar-refractivity contribution in [3.8, 4) is 0 Å². The van der Waals surface area contributed by atoms with Crippen LogP contribution in [0.5, 0.6) is 0 Å². The molecule has 1 saturated heterocycles. The monoisotopic (exact) mass is 342 g/mol. The molecular weight excluding hydrogens is 323 g/mol. The first-order valence-corrected chi connectivity index (χ1v) is 9.09. The van der Waals surface area contributed by atoms with Gasteiger partial charge in [0.1, 0.15) is 16.8 Å². The number of rotatable bonds is 5. The molecule has 2 N–H and O–H groups in total. The van der Waals surface area contributed by atoms with Crippen molar-refractivity contribution in [1.29, 1.82) is 0 Å². The predicted octanol–water partition coefficient (Wildman–Crippen LogP) is 1.63. The summed E-state index contributed by atoms with van der Waals surface area (Å²) in [7, 11) is -3.92. The van der Waals surface area contributed by atoms with E-state index in [1.807, 2.05) is 6.92 Å². The molecule has 1 heterocycles. The summed E-state index contributed by atoms with van der Waals surface area (Å²) in [4.78, 5) is 11.7. The molecule has 8 heteroatoms. The number of amides is 1. The van der Waals surface area contributed by atoms with Gasteiger partial charge >= 0.3 is 0 Å². The average Bonchev–Trinajstić information content (AvgIpc) is 3.17. The minimum atomic E-state index is -3.92. The summed E-state index contributed by atoms with van der Waals surface area (Å²) in [5.74, 6) is -1.10. The van der Waals surface area contributed by atoms with Gasteiger partial charge in [0, 0.05) is 18.3 Å². The maximum Gasteiger partial charge on any atom is 0.253 e. The van der Waals surface area contributed by atoms with Crippen molar-refractivity contribution in [2.24, 2.45) is 5.92 Å². The molecule has 126 valence electrons. The standard InChI is InChI=1S/C15H19FN2O4S/c1-9-6-7-22-14(9)15(19)17-11-4-5-12(16)13(8-11)23(20,21)18-10-2-3-10/h4-5,8-10,14,18H,2-3,6-7H2,1H3,(H,17,19)/t9-,14-/m0/s1. The van der Waals surface area contributed by atoms with Crippen molar-refractivity contribution < 1.29 is 22.3 Å². The fourth-order valence-electron chi connectivity index (χ4n) is 2.52. The van der Waals surface area contributed by atoms with Gasteiger partial charge < -0.3 is 10.1 Å². The third-order valence-corrected chi connectivity index (χ3v) is 5.57. The first-order chi connectivity index (χ1) is 10.9. The minimum absolute atomic E-state index is 0.0928. The van der Waals surface area contributed by atoms with E-state index in [4.69, 9.17) is 4.74 Å². The molecule has 0 aromatic heterocycles. The molecular formula is C15H19FN2O4S. The highest BCUT2D eigenvalue weighted by Gasteiger charge is 2.32. The highest BCUT2D eigenvalue weighted by atomic mass is 32.2. The average molecular weight is 342 g/mol. The number of sulfonamides is 1. The predicted molar refractivity (Wildman–Crippen MR) is 81.9 cm³/mol. The Morgan fingerprint density at radius 3 is 2.65 bits per heavy atom. The van der Waals surface area contributed by atoms with Gasteiger partial charge in [0.25, 0.3) is 5.91 Å². The summed E-state index contributed by atoms with van der Waals surface area (Å²) < 4.78 is 46.0. The zero-order valence-corrected chi connectivity index (χ0v) is 13.5. The molecule has 1 aliphatic carbocycles. The number of ether oxygens (including phenoxy) is 1. The first kappa shape index (κ1) is 16.4. The number of hydrogen-bond donors (Lipinski definition) is 2. The van der Waals surface area contributed by atoms with Crippen molar-refractivity contribution in [2.75, 3.05) is 11.9 Å². The van der Waals surface area contributed by atoms with Crippen LogP contribution >= 0.6 is 0 Å². The lowest BCUT2D eigenvalue weighted by Gasteiger charge is -2.15. The molecule has 3 rings (SSSR count). The number of benzene rings is 1. The van der Waals surface area contributed by atoms with Crippen molar-refractivity contribution in [3.05, 3.63) is 24.0 Å². The van der Waals surface area contributed by atoms with Crippen LogP contribution in [0.15, 0.2) is 23.1 Å². The van der Waals surface area contributed by atoms with E-state index in [1.165, 1.54) is 6.07 Å². The smallest absolute Gasteiger partial charge is 0.253 e. The van der Waals surface area contributed by atoms with Crippen LogP contribution in [0.3, 0.4) is 0 Å². The Balaban J connectivity index is 1.78. The van der Waals surface area contributed by atoms with E-state index in [0.717, 1.165) is 31.4 Å². The second-order valence-corrected chi connectivity index (χ2v) is 7.77. The maximum absolute atomic E-state index is 13.9. The van der Waals surface area contributed by atoms with Crippen molar-refractivity contribution in [2.45, 2.75) is 43.2 Å². The van der Waals surface area contributed by atoms with Crippen LogP contribution in [0.2, 0.25) is 0 Å². The highest BCUT2D eigenvalue weighted by molar-refractivity contribution is 7.89. The second-order valence-electron chi connectivity index (χ2n) is 6.09. The van der Waals surface area contributed by atoms with Gasteiger partial charge in [-0.3, -0.25) is 4.79 Å². The van der Waals surface area contributed by atoms with E-state index in [9.17, 15) is 17.6 Å². The van der Waals surface area contributed by atoms with Gasteiger partial charge in [-0.05, 0) is 43.4 Å². The zero-order valence-electron chi connectivity index (χ0n) is 12.7. The largest absolute Gasteiger partial charge is 0.368 e. The lowest BCUT2D eigenvalue weighted by atomic mass is 10.0. The summed E-state index contributed by atoms with van der Waals surface area (Å²) in [5, 5.41) is 2.60. The van der Waals surface area contributed by atoms with Gasteiger partial charge in [0.15, 0.2) is 0 Å². The summed E-state index contributed by atoms with van der Waals surface area (Å²) in [6.45, 7) is 2.44. The number of nitrogens with one attached hydrogen (secondary N) is 2. The van der Waals surface area contributed by atoms with E-state index in [1.54, 1.807) is 0 Å². The Kier molecular flexibility index (Phi) is 4.39. The number of halogens is 1. The summed E-state index contributed by atoms with van der Waals surface area (Å²) in [5.41, 5.74) is 0.232. The van der Waals surface area contributed by atoms with Gasteiger partial charge in [-0.1, -0.05) is 6.92 Å². The van der Waals surface area contributed by atoms with E-state index >= 15 is 0 Å². The van der Waals surface area contributed by atoms with Crippen molar-refractivity contribution in [3.63, 3.8) is 0 Å². The van der Waals surface area contributed by atoms with Crippen LogP contribution in [-0.2, 0) is 19.6 Å². The molecule has 2 atom stereocenters. The Labute approximate surface area is 134 Å². The third kappa shape index (κ3) is 3.70. The first-order valence-electron chi connectivity index (χ1n) is 7.61. The lowest BCUT2D eigenvalue weighted by molar-refractivity contribution is -0.126. The van der Waals surface area contributed by atoms with Crippen LogP contribution in [0.4, 0.5) is 10.1 Å². The number of anilines is 1. The Hall–Kier alpha value is -1.51. The molecule has 1 aliphatic heterocycles. The Bertz CT molecular complexity index is 718. The molecule has 2 aliphatic rings. The SMILES string of the molecule is C[C@H]1CCO[C@@H]1C(=O)Nc1ccc(F)c(S(=O)(=O)NC2CC2)c1. The molecule has 6 nitrogen and oxygen atoms in total. The van der Waals surface area contributed by atoms with Crippen LogP contribution in [0.25, 0.3) is 0 Å². The van der Waals surface area contributed by atoms with Crippen LogP contribution in [0.1, 0.15) is 26.2 Å². The lowest BCUT2D eigenvalue weighted by Crippen LogP contribution is -2.31. The normalized spacial score (nSPS) is 24.6. The number of carbonyl (C=O) groups is 1. The molecule has 1 aromatic carbocycles. The Morgan fingerprint density at radius 1 is 1.30 bits per heavy atom. The fourth-order valence-corrected chi connectivity index (χ4v) is 3.92. The van der Waals surface area contributed by atoms with E-state index in [0.29, 0.717) is 6.61 Å². The second kappa shape index (κ2) is 6.18.